The SMILES string of the molecule is Cc1cnc(CN(C)C2CCN(CC(O)Cn3cccn3)C2)o1. The highest BCUT2D eigenvalue weighted by Crippen LogP contribution is 2.17. The van der Waals surface area contributed by atoms with Crippen molar-refractivity contribution < 1.29 is 9.52 Å². The largest absolute Gasteiger partial charge is 0.445 e. The second kappa shape index (κ2) is 7.25. The summed E-state index contributed by atoms with van der Waals surface area (Å²) in [5.74, 6) is 1.62. The van der Waals surface area contributed by atoms with E-state index in [1.54, 1.807) is 17.1 Å². The topological polar surface area (TPSA) is 70.6 Å². The number of oxazole rings is 1. The first-order valence-electron chi connectivity index (χ1n) is 8.09. The van der Waals surface area contributed by atoms with Crippen molar-refractivity contribution in [2.24, 2.45) is 0 Å². The molecule has 0 aliphatic carbocycles. The van der Waals surface area contributed by atoms with Crippen LogP contribution in [-0.2, 0) is 13.1 Å². The normalized spacial score (nSPS) is 20.4. The van der Waals surface area contributed by atoms with Gasteiger partial charge in [0, 0.05) is 31.5 Å². The fraction of sp³-hybridized carbons (Fsp3) is 0.625. The van der Waals surface area contributed by atoms with Crippen LogP contribution in [0.15, 0.2) is 29.1 Å². The lowest BCUT2D eigenvalue weighted by Crippen LogP contribution is -2.37. The van der Waals surface area contributed by atoms with E-state index < -0.39 is 6.10 Å². The molecule has 0 spiro atoms. The summed E-state index contributed by atoms with van der Waals surface area (Å²) >= 11 is 0. The summed E-state index contributed by atoms with van der Waals surface area (Å²) in [5.41, 5.74) is 0. The second-order valence-electron chi connectivity index (χ2n) is 6.36. The Morgan fingerprint density at radius 1 is 1.48 bits per heavy atom. The van der Waals surface area contributed by atoms with Gasteiger partial charge in [-0.1, -0.05) is 0 Å². The van der Waals surface area contributed by atoms with Crippen molar-refractivity contribution in [3.8, 4) is 0 Å². The monoisotopic (exact) mass is 319 g/mol. The Kier molecular flexibility index (Phi) is 5.09. The fourth-order valence-electron chi connectivity index (χ4n) is 3.13. The zero-order chi connectivity index (χ0) is 16.2. The van der Waals surface area contributed by atoms with Crippen molar-refractivity contribution in [2.45, 2.75) is 38.6 Å². The van der Waals surface area contributed by atoms with Gasteiger partial charge in [0.1, 0.15) is 5.76 Å². The van der Waals surface area contributed by atoms with Crippen LogP contribution in [0.25, 0.3) is 0 Å². The second-order valence-corrected chi connectivity index (χ2v) is 6.36. The maximum absolute atomic E-state index is 10.2. The molecule has 0 saturated carbocycles. The molecule has 126 valence electrons. The van der Waals surface area contributed by atoms with Gasteiger partial charge in [0.2, 0.25) is 5.89 Å². The average Bonchev–Trinajstić information content (AvgIpc) is 3.22. The molecule has 1 aliphatic heterocycles. The van der Waals surface area contributed by atoms with E-state index in [4.69, 9.17) is 4.42 Å². The molecule has 2 unspecified atom stereocenters. The van der Waals surface area contributed by atoms with Crippen LogP contribution >= 0.6 is 0 Å². The van der Waals surface area contributed by atoms with Gasteiger partial charge in [0.25, 0.3) is 0 Å². The smallest absolute Gasteiger partial charge is 0.208 e. The van der Waals surface area contributed by atoms with Gasteiger partial charge >= 0.3 is 0 Å². The van der Waals surface area contributed by atoms with Crippen LogP contribution in [0.5, 0.6) is 0 Å². The van der Waals surface area contributed by atoms with E-state index in [1.165, 1.54) is 0 Å². The minimum Gasteiger partial charge on any atom is -0.445 e. The molecule has 7 nitrogen and oxygen atoms in total. The standard InChI is InChI=1S/C16H25N5O2/c1-13-8-17-16(23-13)12-19(2)14-4-7-20(9-14)10-15(22)11-21-6-3-5-18-21/h3,5-6,8,14-15,22H,4,7,9-12H2,1-2H3. The van der Waals surface area contributed by atoms with E-state index in [9.17, 15) is 5.11 Å². The minimum absolute atomic E-state index is 0.395. The lowest BCUT2D eigenvalue weighted by Gasteiger charge is -2.24. The van der Waals surface area contributed by atoms with Gasteiger partial charge in [-0.15, -0.1) is 0 Å². The van der Waals surface area contributed by atoms with E-state index in [-0.39, 0.29) is 0 Å². The first kappa shape index (κ1) is 16.2. The van der Waals surface area contributed by atoms with Crippen LogP contribution < -0.4 is 0 Å². The van der Waals surface area contributed by atoms with Gasteiger partial charge in [-0.25, -0.2) is 4.98 Å². The highest BCUT2D eigenvalue weighted by atomic mass is 16.4. The molecular formula is C16H25N5O2. The van der Waals surface area contributed by atoms with E-state index in [1.807, 2.05) is 19.2 Å². The van der Waals surface area contributed by atoms with Crippen molar-refractivity contribution >= 4 is 0 Å². The molecule has 0 amide bonds. The Morgan fingerprint density at radius 3 is 3.04 bits per heavy atom. The summed E-state index contributed by atoms with van der Waals surface area (Å²) in [5, 5.41) is 14.3. The molecular weight excluding hydrogens is 294 g/mol. The van der Waals surface area contributed by atoms with Crippen LogP contribution in [0, 0.1) is 6.92 Å². The lowest BCUT2D eigenvalue weighted by atomic mass is 10.2. The van der Waals surface area contributed by atoms with Gasteiger partial charge in [0.15, 0.2) is 0 Å². The molecule has 1 saturated heterocycles. The number of likely N-dealkylation sites (N-methyl/N-ethyl adjacent to an activating group) is 1. The molecule has 7 heteroatoms. The van der Waals surface area contributed by atoms with E-state index in [0.717, 1.165) is 37.7 Å². The van der Waals surface area contributed by atoms with Crippen molar-refractivity contribution in [1.29, 1.82) is 0 Å². The van der Waals surface area contributed by atoms with Crippen LogP contribution in [0.3, 0.4) is 0 Å². The molecule has 3 rings (SSSR count). The number of aliphatic hydroxyl groups is 1. The Bertz CT molecular complexity index is 597. The number of hydrogen-bond acceptors (Lipinski definition) is 6. The summed E-state index contributed by atoms with van der Waals surface area (Å²) < 4.78 is 7.32. The van der Waals surface area contributed by atoms with Crippen molar-refractivity contribution in [3.05, 3.63) is 36.3 Å². The Hall–Kier alpha value is -1.70. The fourth-order valence-corrected chi connectivity index (χ4v) is 3.13. The summed E-state index contributed by atoms with van der Waals surface area (Å²) in [6.45, 7) is 5.83. The van der Waals surface area contributed by atoms with Gasteiger partial charge < -0.3 is 9.52 Å². The number of β-amino-alcohol motifs (C(OH)–C–C–N with tert-alkyl or cyclic N) is 1. The highest BCUT2D eigenvalue weighted by Gasteiger charge is 2.27. The van der Waals surface area contributed by atoms with E-state index in [2.05, 4.69) is 26.9 Å². The number of aromatic nitrogens is 3. The number of aliphatic hydroxyl groups excluding tert-OH is 1. The molecule has 0 bridgehead atoms. The molecule has 0 aromatic carbocycles. The third kappa shape index (κ3) is 4.40. The third-order valence-electron chi connectivity index (χ3n) is 4.35. The Morgan fingerprint density at radius 2 is 2.35 bits per heavy atom. The molecule has 1 aliphatic rings. The predicted octanol–water partition coefficient (Wildman–Crippen LogP) is 0.747. The molecule has 1 fully saturated rings. The van der Waals surface area contributed by atoms with Gasteiger partial charge in [-0.3, -0.25) is 14.5 Å². The maximum Gasteiger partial charge on any atom is 0.208 e. The molecule has 1 N–H and O–H groups in total. The van der Waals surface area contributed by atoms with Crippen molar-refractivity contribution in [1.82, 2.24) is 24.6 Å². The zero-order valence-corrected chi connectivity index (χ0v) is 13.8. The van der Waals surface area contributed by atoms with Crippen LogP contribution in [0.1, 0.15) is 18.1 Å². The number of rotatable bonds is 7. The maximum atomic E-state index is 10.2. The van der Waals surface area contributed by atoms with Gasteiger partial charge in [0.05, 0.1) is 25.4 Å². The van der Waals surface area contributed by atoms with E-state index >= 15 is 0 Å². The van der Waals surface area contributed by atoms with E-state index in [0.29, 0.717) is 19.1 Å². The molecule has 2 aromatic rings. The van der Waals surface area contributed by atoms with Crippen LogP contribution in [-0.4, -0.2) is 68.5 Å². The Balaban J connectivity index is 1.44. The lowest BCUT2D eigenvalue weighted by molar-refractivity contribution is 0.101. The molecule has 0 radical (unpaired) electrons. The number of likely N-dealkylation sites (tertiary alicyclic amines) is 1. The first-order valence-corrected chi connectivity index (χ1v) is 8.09. The third-order valence-corrected chi connectivity index (χ3v) is 4.35. The summed E-state index contributed by atoms with van der Waals surface area (Å²) in [4.78, 5) is 8.86. The van der Waals surface area contributed by atoms with Gasteiger partial charge in [-0.05, 0) is 33.0 Å². The van der Waals surface area contributed by atoms with Crippen molar-refractivity contribution in [2.75, 3.05) is 26.7 Å². The van der Waals surface area contributed by atoms with Gasteiger partial charge in [-0.2, -0.15) is 5.10 Å². The first-order chi connectivity index (χ1) is 11.1. The van der Waals surface area contributed by atoms with Crippen LogP contribution in [0.4, 0.5) is 0 Å². The number of nitrogens with zero attached hydrogens (tertiary/aromatic N) is 5. The highest BCUT2D eigenvalue weighted by molar-refractivity contribution is 4.92. The predicted molar refractivity (Wildman–Crippen MR) is 85.8 cm³/mol. The number of hydrogen-bond donors (Lipinski definition) is 1. The molecule has 2 aromatic heterocycles. The average molecular weight is 319 g/mol. The summed E-state index contributed by atoms with van der Waals surface area (Å²) in [6, 6.07) is 2.34. The number of aryl methyl sites for hydroxylation is 1. The minimum atomic E-state index is -0.395. The summed E-state index contributed by atoms with van der Waals surface area (Å²) in [7, 11) is 2.11. The Labute approximate surface area is 136 Å². The van der Waals surface area contributed by atoms with Crippen LogP contribution in [0.2, 0.25) is 0 Å². The molecule has 3 heterocycles. The molecule has 2 atom stereocenters. The molecule has 23 heavy (non-hydrogen) atoms. The quantitative estimate of drug-likeness (QED) is 0.812. The summed E-state index contributed by atoms with van der Waals surface area (Å²) in [6.07, 6.45) is 6.08. The van der Waals surface area contributed by atoms with Crippen molar-refractivity contribution in [3.63, 3.8) is 0 Å². The zero-order valence-electron chi connectivity index (χ0n) is 13.8.